The van der Waals surface area contributed by atoms with Crippen LogP contribution in [0.3, 0.4) is 0 Å². The molecule has 1 N–H and O–H groups in total. The molecule has 1 amide bonds. The number of amides is 1. The summed E-state index contributed by atoms with van der Waals surface area (Å²) in [5, 5.41) is 8.92. The minimum absolute atomic E-state index is 0.0260. The minimum Gasteiger partial charge on any atom is -0.491 e. The van der Waals surface area contributed by atoms with Crippen LogP contribution in [0.1, 0.15) is 31.1 Å². The molecule has 0 aromatic heterocycles. The molecule has 18 heavy (non-hydrogen) atoms. The van der Waals surface area contributed by atoms with Crippen LogP contribution < -0.4 is 4.74 Å². The van der Waals surface area contributed by atoms with Gasteiger partial charge in [0.05, 0.1) is 12.7 Å². The summed E-state index contributed by atoms with van der Waals surface area (Å²) < 4.78 is 5.56. The van der Waals surface area contributed by atoms with Gasteiger partial charge in [-0.1, -0.05) is 6.07 Å². The molecule has 1 aromatic carbocycles. The molecule has 0 aliphatic carbocycles. The van der Waals surface area contributed by atoms with Gasteiger partial charge in [0.1, 0.15) is 5.75 Å². The van der Waals surface area contributed by atoms with Gasteiger partial charge in [0.25, 0.3) is 5.91 Å². The van der Waals surface area contributed by atoms with Gasteiger partial charge in [-0.05, 0) is 39.0 Å². The van der Waals surface area contributed by atoms with Crippen LogP contribution >= 0.6 is 0 Å². The number of hydrogen-bond acceptors (Lipinski definition) is 3. The molecule has 0 spiro atoms. The van der Waals surface area contributed by atoms with Crippen molar-refractivity contribution in [2.75, 3.05) is 19.7 Å². The first-order chi connectivity index (χ1) is 8.58. The highest BCUT2D eigenvalue weighted by molar-refractivity contribution is 5.94. The molecule has 4 heteroatoms. The Morgan fingerprint density at radius 3 is 2.72 bits per heavy atom. The Labute approximate surface area is 108 Å². The van der Waals surface area contributed by atoms with E-state index < -0.39 is 0 Å². The number of rotatable bonds is 6. The molecule has 0 aliphatic heterocycles. The molecular weight excluding hydrogens is 230 g/mol. The molecular formula is C14H21NO3. The van der Waals surface area contributed by atoms with Gasteiger partial charge < -0.3 is 14.7 Å². The van der Waals surface area contributed by atoms with Gasteiger partial charge in [0.15, 0.2) is 0 Å². The zero-order chi connectivity index (χ0) is 13.5. The second-order valence-electron chi connectivity index (χ2n) is 4.30. The third-order valence-electron chi connectivity index (χ3n) is 2.49. The van der Waals surface area contributed by atoms with E-state index in [0.29, 0.717) is 24.4 Å². The lowest BCUT2D eigenvalue weighted by Gasteiger charge is -2.20. The molecule has 1 rings (SSSR count). The van der Waals surface area contributed by atoms with Crippen LogP contribution in [-0.2, 0) is 0 Å². The van der Waals surface area contributed by atoms with Crippen molar-refractivity contribution >= 4 is 5.91 Å². The van der Waals surface area contributed by atoms with Crippen LogP contribution in [0.5, 0.6) is 5.75 Å². The summed E-state index contributed by atoms with van der Waals surface area (Å²) in [5.41, 5.74) is 0.587. The number of likely N-dealkylation sites (N-methyl/N-ethyl adjacent to an activating group) is 1. The third kappa shape index (κ3) is 4.04. The maximum absolute atomic E-state index is 12.2. The fraction of sp³-hybridized carbons (Fsp3) is 0.500. The maximum atomic E-state index is 12.2. The first kappa shape index (κ1) is 14.5. The Morgan fingerprint density at radius 2 is 2.17 bits per heavy atom. The molecule has 0 bridgehead atoms. The molecule has 0 saturated heterocycles. The third-order valence-corrected chi connectivity index (χ3v) is 2.49. The Balaban J connectivity index is 2.84. The standard InChI is InChI=1S/C14H21NO3/c1-4-15(8-9-16)14(17)12-6-5-7-13(10-12)18-11(2)3/h5-7,10-11,16H,4,8-9H2,1-3H3. The number of aliphatic hydroxyl groups excluding tert-OH is 1. The summed E-state index contributed by atoms with van der Waals surface area (Å²) in [6, 6.07) is 7.13. The summed E-state index contributed by atoms with van der Waals surface area (Å²) in [6.07, 6.45) is 0.0788. The van der Waals surface area contributed by atoms with Crippen LogP contribution in [0.15, 0.2) is 24.3 Å². The van der Waals surface area contributed by atoms with E-state index in [4.69, 9.17) is 9.84 Å². The van der Waals surface area contributed by atoms with Crippen molar-refractivity contribution < 1.29 is 14.6 Å². The van der Waals surface area contributed by atoms with E-state index in [9.17, 15) is 4.79 Å². The van der Waals surface area contributed by atoms with E-state index in [1.165, 1.54) is 0 Å². The second kappa shape index (κ2) is 7.01. The Kier molecular flexibility index (Phi) is 5.65. The van der Waals surface area contributed by atoms with Crippen LogP contribution in [0, 0.1) is 0 Å². The summed E-state index contributed by atoms with van der Waals surface area (Å²) in [6.45, 7) is 6.68. The molecule has 0 fully saturated rings. The van der Waals surface area contributed by atoms with Crippen molar-refractivity contribution in [3.05, 3.63) is 29.8 Å². The SMILES string of the molecule is CCN(CCO)C(=O)c1cccc(OC(C)C)c1. The maximum Gasteiger partial charge on any atom is 0.254 e. The van der Waals surface area contributed by atoms with Gasteiger partial charge in [-0.25, -0.2) is 0 Å². The molecule has 100 valence electrons. The molecule has 0 saturated carbocycles. The summed E-state index contributed by atoms with van der Waals surface area (Å²) in [4.78, 5) is 13.8. The quantitative estimate of drug-likeness (QED) is 0.840. The highest BCUT2D eigenvalue weighted by Gasteiger charge is 2.14. The predicted octanol–water partition coefficient (Wildman–Crippen LogP) is 1.93. The Bertz CT molecular complexity index is 390. The van der Waals surface area contributed by atoms with Crippen molar-refractivity contribution in [3.8, 4) is 5.75 Å². The van der Waals surface area contributed by atoms with Crippen molar-refractivity contribution in [2.45, 2.75) is 26.9 Å². The number of nitrogens with zero attached hydrogens (tertiary/aromatic N) is 1. The lowest BCUT2D eigenvalue weighted by molar-refractivity contribution is 0.0731. The topological polar surface area (TPSA) is 49.8 Å². The van der Waals surface area contributed by atoms with Gasteiger partial charge >= 0.3 is 0 Å². The Hall–Kier alpha value is -1.55. The highest BCUT2D eigenvalue weighted by Crippen LogP contribution is 2.16. The Morgan fingerprint density at radius 1 is 1.44 bits per heavy atom. The molecule has 1 aromatic rings. The number of aliphatic hydroxyl groups is 1. The number of ether oxygens (including phenoxy) is 1. The van der Waals surface area contributed by atoms with Crippen LogP contribution in [-0.4, -0.2) is 41.7 Å². The fourth-order valence-corrected chi connectivity index (χ4v) is 1.68. The fourth-order valence-electron chi connectivity index (χ4n) is 1.68. The van der Waals surface area contributed by atoms with E-state index in [1.54, 1.807) is 23.1 Å². The molecule has 4 nitrogen and oxygen atoms in total. The van der Waals surface area contributed by atoms with E-state index in [0.717, 1.165) is 0 Å². The van der Waals surface area contributed by atoms with Crippen LogP contribution in [0.4, 0.5) is 0 Å². The van der Waals surface area contributed by atoms with Crippen molar-refractivity contribution in [3.63, 3.8) is 0 Å². The summed E-state index contributed by atoms with van der Waals surface area (Å²) >= 11 is 0. The molecule has 0 heterocycles. The number of hydrogen-bond donors (Lipinski definition) is 1. The normalized spacial score (nSPS) is 10.5. The molecule has 0 atom stereocenters. The van der Waals surface area contributed by atoms with Gasteiger partial charge in [-0.2, -0.15) is 0 Å². The van der Waals surface area contributed by atoms with E-state index >= 15 is 0 Å². The van der Waals surface area contributed by atoms with E-state index in [1.807, 2.05) is 26.8 Å². The zero-order valence-electron chi connectivity index (χ0n) is 11.2. The first-order valence-corrected chi connectivity index (χ1v) is 6.25. The average Bonchev–Trinajstić information content (AvgIpc) is 2.34. The van der Waals surface area contributed by atoms with Crippen LogP contribution in [0.25, 0.3) is 0 Å². The average molecular weight is 251 g/mol. The summed E-state index contributed by atoms with van der Waals surface area (Å²) in [5.74, 6) is 0.608. The lowest BCUT2D eigenvalue weighted by atomic mass is 10.2. The summed E-state index contributed by atoms with van der Waals surface area (Å²) in [7, 11) is 0. The van der Waals surface area contributed by atoms with Gasteiger partial charge in [0, 0.05) is 18.7 Å². The van der Waals surface area contributed by atoms with Crippen molar-refractivity contribution in [2.24, 2.45) is 0 Å². The minimum atomic E-state index is -0.0826. The lowest BCUT2D eigenvalue weighted by Crippen LogP contribution is -2.33. The number of carbonyl (C=O) groups is 1. The number of carbonyl (C=O) groups excluding carboxylic acids is 1. The largest absolute Gasteiger partial charge is 0.491 e. The van der Waals surface area contributed by atoms with Crippen molar-refractivity contribution in [1.82, 2.24) is 4.90 Å². The van der Waals surface area contributed by atoms with E-state index in [2.05, 4.69) is 0 Å². The van der Waals surface area contributed by atoms with Crippen LogP contribution in [0.2, 0.25) is 0 Å². The smallest absolute Gasteiger partial charge is 0.254 e. The second-order valence-corrected chi connectivity index (χ2v) is 4.30. The van der Waals surface area contributed by atoms with Gasteiger partial charge in [0.2, 0.25) is 0 Å². The number of benzene rings is 1. The molecule has 0 radical (unpaired) electrons. The first-order valence-electron chi connectivity index (χ1n) is 6.25. The monoisotopic (exact) mass is 251 g/mol. The molecule has 0 aliphatic rings. The van der Waals surface area contributed by atoms with E-state index in [-0.39, 0.29) is 18.6 Å². The molecule has 0 unspecified atom stereocenters. The zero-order valence-corrected chi connectivity index (χ0v) is 11.2. The van der Waals surface area contributed by atoms with Gasteiger partial charge in [-0.15, -0.1) is 0 Å². The predicted molar refractivity (Wildman–Crippen MR) is 70.9 cm³/mol. The van der Waals surface area contributed by atoms with Crippen molar-refractivity contribution in [1.29, 1.82) is 0 Å². The van der Waals surface area contributed by atoms with Gasteiger partial charge in [-0.3, -0.25) is 4.79 Å². The highest BCUT2D eigenvalue weighted by atomic mass is 16.5.